The van der Waals surface area contributed by atoms with Crippen molar-refractivity contribution >= 4 is 11.9 Å². The Morgan fingerprint density at radius 1 is 1.42 bits per heavy atom. The second kappa shape index (κ2) is 6.34. The fraction of sp³-hybridized carbons (Fsp3) is 0.846. The minimum absolute atomic E-state index is 0.210. The molecule has 3 N–H and O–H groups in total. The van der Waals surface area contributed by atoms with Crippen LogP contribution in [0.15, 0.2) is 0 Å². The van der Waals surface area contributed by atoms with E-state index in [1.54, 1.807) is 0 Å². The van der Waals surface area contributed by atoms with Gasteiger partial charge in [-0.15, -0.1) is 0 Å². The van der Waals surface area contributed by atoms with Crippen molar-refractivity contribution in [1.82, 2.24) is 20.9 Å². The van der Waals surface area contributed by atoms with Crippen LogP contribution in [0.5, 0.6) is 0 Å². The van der Waals surface area contributed by atoms with Crippen LogP contribution in [-0.2, 0) is 4.79 Å². The zero-order valence-electron chi connectivity index (χ0n) is 11.7. The van der Waals surface area contributed by atoms with Crippen molar-refractivity contribution < 1.29 is 9.59 Å². The number of imide groups is 1. The number of nitrogens with one attached hydrogen (secondary N) is 3. The number of hydrogen-bond donors (Lipinski definition) is 3. The van der Waals surface area contributed by atoms with E-state index in [4.69, 9.17) is 0 Å². The van der Waals surface area contributed by atoms with Gasteiger partial charge in [0.25, 0.3) is 0 Å². The average Bonchev–Trinajstić information content (AvgIpc) is 2.86. The van der Waals surface area contributed by atoms with E-state index in [1.807, 2.05) is 13.8 Å². The van der Waals surface area contributed by atoms with Crippen molar-refractivity contribution in [2.24, 2.45) is 5.92 Å². The summed E-state index contributed by atoms with van der Waals surface area (Å²) in [6, 6.07) is -0.225. The zero-order valence-corrected chi connectivity index (χ0v) is 11.7. The molecule has 2 fully saturated rings. The molecular weight excluding hydrogens is 244 g/mol. The van der Waals surface area contributed by atoms with Crippen LogP contribution in [0.3, 0.4) is 0 Å². The molecule has 0 saturated carbocycles. The topological polar surface area (TPSA) is 73.5 Å². The minimum atomic E-state index is -0.405. The summed E-state index contributed by atoms with van der Waals surface area (Å²) in [5, 5.41) is 8.38. The highest BCUT2D eigenvalue weighted by Gasteiger charge is 2.38. The molecule has 0 aliphatic carbocycles. The molecule has 6 heteroatoms. The van der Waals surface area contributed by atoms with Crippen LogP contribution in [0.25, 0.3) is 0 Å². The Morgan fingerprint density at radius 2 is 2.21 bits per heavy atom. The SMILES string of the molecule is CCNC(=O)NC(=O)C(C)N1CCCC2CNCC21. The van der Waals surface area contributed by atoms with Crippen LogP contribution in [0.2, 0.25) is 0 Å². The number of likely N-dealkylation sites (tertiary alicyclic amines) is 1. The molecule has 0 aromatic heterocycles. The van der Waals surface area contributed by atoms with Gasteiger partial charge >= 0.3 is 6.03 Å². The van der Waals surface area contributed by atoms with Crippen LogP contribution < -0.4 is 16.0 Å². The predicted molar refractivity (Wildman–Crippen MR) is 72.8 cm³/mol. The molecule has 6 nitrogen and oxygen atoms in total. The molecule has 2 saturated heterocycles. The quantitative estimate of drug-likeness (QED) is 0.668. The third-order valence-electron chi connectivity index (χ3n) is 4.17. The number of carbonyl (C=O) groups excluding carboxylic acids is 2. The van der Waals surface area contributed by atoms with E-state index >= 15 is 0 Å². The average molecular weight is 268 g/mol. The Labute approximate surface area is 114 Å². The van der Waals surface area contributed by atoms with E-state index in [1.165, 1.54) is 6.42 Å². The van der Waals surface area contributed by atoms with E-state index in [2.05, 4.69) is 20.9 Å². The van der Waals surface area contributed by atoms with Crippen LogP contribution >= 0.6 is 0 Å². The lowest BCUT2D eigenvalue weighted by Gasteiger charge is -2.40. The monoisotopic (exact) mass is 268 g/mol. The molecule has 2 aliphatic rings. The fourth-order valence-electron chi connectivity index (χ4n) is 3.16. The Hall–Kier alpha value is -1.14. The van der Waals surface area contributed by atoms with E-state index in [-0.39, 0.29) is 11.9 Å². The minimum Gasteiger partial charge on any atom is -0.338 e. The second-order valence-corrected chi connectivity index (χ2v) is 5.39. The van der Waals surface area contributed by atoms with Gasteiger partial charge in [-0.25, -0.2) is 4.79 Å². The maximum atomic E-state index is 12.1. The molecule has 2 heterocycles. The first kappa shape index (κ1) is 14.3. The predicted octanol–water partition coefficient (Wildman–Crippen LogP) is -0.0956. The van der Waals surface area contributed by atoms with Crippen LogP contribution in [0.4, 0.5) is 4.79 Å². The number of rotatable bonds is 3. The Kier molecular flexibility index (Phi) is 4.76. The van der Waals surface area contributed by atoms with Gasteiger partial charge in [-0.05, 0) is 45.7 Å². The summed E-state index contributed by atoms with van der Waals surface area (Å²) in [6.07, 6.45) is 2.36. The molecule has 3 atom stereocenters. The first-order valence-corrected chi connectivity index (χ1v) is 7.18. The number of urea groups is 1. The highest BCUT2D eigenvalue weighted by Crippen LogP contribution is 2.27. The number of nitrogens with zero attached hydrogens (tertiary/aromatic N) is 1. The van der Waals surface area contributed by atoms with Crippen LogP contribution in [-0.4, -0.2) is 55.1 Å². The van der Waals surface area contributed by atoms with Gasteiger partial charge in [-0.3, -0.25) is 15.0 Å². The van der Waals surface area contributed by atoms with Gasteiger partial charge in [-0.1, -0.05) is 0 Å². The first-order chi connectivity index (χ1) is 9.13. The standard InChI is InChI=1S/C13H24N4O2/c1-3-15-13(19)16-12(18)9(2)17-6-4-5-10-7-14-8-11(10)17/h9-11,14H,3-8H2,1-2H3,(H2,15,16,18,19). The summed E-state index contributed by atoms with van der Waals surface area (Å²) in [4.78, 5) is 25.7. The molecule has 2 rings (SSSR count). The van der Waals surface area contributed by atoms with Crippen molar-refractivity contribution in [3.05, 3.63) is 0 Å². The van der Waals surface area contributed by atoms with Gasteiger partial charge in [0.15, 0.2) is 0 Å². The first-order valence-electron chi connectivity index (χ1n) is 7.18. The highest BCUT2D eigenvalue weighted by molar-refractivity contribution is 5.96. The van der Waals surface area contributed by atoms with Crippen molar-refractivity contribution in [1.29, 1.82) is 0 Å². The number of piperidine rings is 1. The number of carbonyl (C=O) groups is 2. The summed E-state index contributed by atoms with van der Waals surface area (Å²) in [5.41, 5.74) is 0. The maximum Gasteiger partial charge on any atom is 0.321 e. The molecule has 0 bridgehead atoms. The van der Waals surface area contributed by atoms with Gasteiger partial charge in [0.05, 0.1) is 6.04 Å². The van der Waals surface area contributed by atoms with Gasteiger partial charge in [0.2, 0.25) is 5.91 Å². The lowest BCUT2D eigenvalue weighted by Crippen LogP contribution is -2.56. The van der Waals surface area contributed by atoms with Gasteiger partial charge in [0.1, 0.15) is 0 Å². The lowest BCUT2D eigenvalue weighted by molar-refractivity contribution is -0.126. The van der Waals surface area contributed by atoms with Crippen molar-refractivity contribution in [2.75, 3.05) is 26.2 Å². The molecule has 0 aromatic rings. The largest absolute Gasteiger partial charge is 0.338 e. The number of fused-ring (bicyclic) bond motifs is 1. The number of amides is 3. The smallest absolute Gasteiger partial charge is 0.321 e. The molecule has 3 unspecified atom stereocenters. The summed E-state index contributed by atoms with van der Waals surface area (Å²) >= 11 is 0. The van der Waals surface area contributed by atoms with Crippen molar-refractivity contribution in [3.63, 3.8) is 0 Å². The molecule has 2 aliphatic heterocycles. The highest BCUT2D eigenvalue weighted by atomic mass is 16.2. The molecule has 0 spiro atoms. The summed E-state index contributed by atoms with van der Waals surface area (Å²) in [5.74, 6) is 0.437. The van der Waals surface area contributed by atoms with Crippen molar-refractivity contribution in [2.45, 2.75) is 38.8 Å². The summed E-state index contributed by atoms with van der Waals surface area (Å²) in [7, 11) is 0. The second-order valence-electron chi connectivity index (χ2n) is 5.39. The number of hydrogen-bond acceptors (Lipinski definition) is 4. The van der Waals surface area contributed by atoms with Crippen LogP contribution in [0, 0.1) is 5.92 Å². The Morgan fingerprint density at radius 3 is 2.95 bits per heavy atom. The van der Waals surface area contributed by atoms with Crippen molar-refractivity contribution in [3.8, 4) is 0 Å². The van der Waals surface area contributed by atoms with E-state index in [0.29, 0.717) is 18.5 Å². The third-order valence-corrected chi connectivity index (χ3v) is 4.17. The summed E-state index contributed by atoms with van der Waals surface area (Å²) in [6.45, 7) is 7.16. The fourth-order valence-corrected chi connectivity index (χ4v) is 3.16. The third kappa shape index (κ3) is 3.25. The van der Waals surface area contributed by atoms with E-state index in [9.17, 15) is 9.59 Å². The zero-order chi connectivity index (χ0) is 13.8. The van der Waals surface area contributed by atoms with Crippen LogP contribution in [0.1, 0.15) is 26.7 Å². The summed E-state index contributed by atoms with van der Waals surface area (Å²) < 4.78 is 0. The molecule has 0 aromatic carbocycles. The van der Waals surface area contributed by atoms with Gasteiger partial charge in [-0.2, -0.15) is 0 Å². The Bertz CT molecular complexity index is 348. The van der Waals surface area contributed by atoms with Gasteiger partial charge < -0.3 is 10.6 Å². The lowest BCUT2D eigenvalue weighted by atomic mass is 9.91. The normalized spacial score (nSPS) is 28.5. The van der Waals surface area contributed by atoms with E-state index < -0.39 is 6.03 Å². The van der Waals surface area contributed by atoms with Gasteiger partial charge in [0, 0.05) is 19.1 Å². The molecular formula is C13H24N4O2. The van der Waals surface area contributed by atoms with E-state index in [0.717, 1.165) is 26.1 Å². The molecule has 3 amide bonds. The molecule has 19 heavy (non-hydrogen) atoms. The Balaban J connectivity index is 1.92. The maximum absolute atomic E-state index is 12.1. The molecule has 0 radical (unpaired) electrons. The molecule has 108 valence electrons.